The number of rotatable bonds is 3. The lowest BCUT2D eigenvalue weighted by atomic mass is 9.96. The first-order chi connectivity index (χ1) is 8.95. The van der Waals surface area contributed by atoms with Gasteiger partial charge < -0.3 is 0 Å². The minimum absolute atomic E-state index is 0.382. The molecule has 2 rings (SSSR count). The summed E-state index contributed by atoms with van der Waals surface area (Å²) in [6.07, 6.45) is 3.08. The molecule has 1 saturated heterocycles. The largest absolute Gasteiger partial charge is 0.244 e. The molecule has 5 heteroatoms. The van der Waals surface area contributed by atoms with Crippen LogP contribution in [0.2, 0.25) is 0 Å². The fourth-order valence-corrected chi connectivity index (χ4v) is 5.13. The average molecular weight is 346 g/mol. The molecule has 0 amide bonds. The Hall–Kier alpha value is -0.390. The fraction of sp³-hybridized carbons (Fsp3) is 0.571. The van der Waals surface area contributed by atoms with Gasteiger partial charge in [-0.2, -0.15) is 4.31 Å². The van der Waals surface area contributed by atoms with E-state index in [1.807, 2.05) is 19.1 Å². The van der Waals surface area contributed by atoms with Crippen molar-refractivity contribution < 1.29 is 8.42 Å². The zero-order valence-electron chi connectivity index (χ0n) is 11.4. The van der Waals surface area contributed by atoms with E-state index in [-0.39, 0.29) is 0 Å². The number of hydrogen-bond acceptors (Lipinski definition) is 2. The van der Waals surface area contributed by atoms with Gasteiger partial charge in [0, 0.05) is 17.6 Å². The Kier molecular flexibility index (Phi) is 4.69. The molecule has 0 aromatic heterocycles. The number of sulfonamides is 1. The predicted molar refractivity (Wildman–Crippen MR) is 80.7 cm³/mol. The zero-order chi connectivity index (χ0) is 14.0. The molecular weight excluding hydrogens is 326 g/mol. The van der Waals surface area contributed by atoms with Crippen LogP contribution in [0.15, 0.2) is 27.6 Å². The van der Waals surface area contributed by atoms with Crippen LogP contribution in [0.25, 0.3) is 0 Å². The molecule has 0 aliphatic carbocycles. The molecule has 1 aliphatic rings. The van der Waals surface area contributed by atoms with Crippen molar-refractivity contribution in [1.29, 1.82) is 0 Å². The van der Waals surface area contributed by atoms with Crippen molar-refractivity contribution in [3.63, 3.8) is 0 Å². The van der Waals surface area contributed by atoms with E-state index in [2.05, 4.69) is 22.9 Å². The van der Waals surface area contributed by atoms with Crippen LogP contribution in [0.5, 0.6) is 0 Å². The lowest BCUT2D eigenvalue weighted by molar-refractivity contribution is 0.269. The van der Waals surface area contributed by atoms with Crippen LogP contribution in [0.1, 0.15) is 31.7 Å². The second-order valence-electron chi connectivity index (χ2n) is 5.19. The van der Waals surface area contributed by atoms with Gasteiger partial charge in [-0.3, -0.25) is 0 Å². The summed E-state index contributed by atoms with van der Waals surface area (Å²) in [5, 5.41) is 0. The Morgan fingerprint density at radius 2 is 1.95 bits per heavy atom. The van der Waals surface area contributed by atoms with Crippen LogP contribution in [0.3, 0.4) is 0 Å². The molecular formula is C14H20BrNO2S. The van der Waals surface area contributed by atoms with Crippen LogP contribution < -0.4 is 0 Å². The quantitative estimate of drug-likeness (QED) is 0.839. The van der Waals surface area contributed by atoms with E-state index >= 15 is 0 Å². The molecule has 1 aromatic carbocycles. The lowest BCUT2D eigenvalue weighted by Crippen LogP contribution is -2.38. The molecule has 1 heterocycles. The summed E-state index contributed by atoms with van der Waals surface area (Å²) in [7, 11) is -3.35. The van der Waals surface area contributed by atoms with Crippen molar-refractivity contribution in [2.24, 2.45) is 5.92 Å². The molecule has 1 aliphatic heterocycles. The third-order valence-corrected chi connectivity index (χ3v) is 6.73. The molecule has 0 spiro atoms. The van der Waals surface area contributed by atoms with E-state index in [1.165, 1.54) is 0 Å². The monoisotopic (exact) mass is 345 g/mol. The summed E-state index contributed by atoms with van der Waals surface area (Å²) >= 11 is 3.37. The highest BCUT2D eigenvalue weighted by molar-refractivity contribution is 9.10. The normalized spacial score (nSPS) is 18.7. The van der Waals surface area contributed by atoms with Gasteiger partial charge in [-0.05, 0) is 59.3 Å². The Morgan fingerprint density at radius 1 is 1.32 bits per heavy atom. The Bertz CT molecular complexity index is 549. The number of piperidine rings is 1. The van der Waals surface area contributed by atoms with Gasteiger partial charge >= 0.3 is 0 Å². The first-order valence-electron chi connectivity index (χ1n) is 6.71. The number of aryl methyl sites for hydroxylation is 1. The maximum absolute atomic E-state index is 12.6. The first kappa shape index (κ1) is 15.0. The van der Waals surface area contributed by atoms with Crippen LogP contribution >= 0.6 is 15.9 Å². The van der Waals surface area contributed by atoms with Crippen LogP contribution in [0, 0.1) is 12.8 Å². The third-order valence-electron chi connectivity index (χ3n) is 3.86. The Morgan fingerprint density at radius 3 is 2.47 bits per heavy atom. The van der Waals surface area contributed by atoms with E-state index in [9.17, 15) is 8.42 Å². The molecule has 19 heavy (non-hydrogen) atoms. The summed E-state index contributed by atoms with van der Waals surface area (Å²) in [5.41, 5.74) is 1.05. The van der Waals surface area contributed by atoms with Crippen molar-refractivity contribution in [2.45, 2.75) is 38.0 Å². The maximum atomic E-state index is 12.6. The molecule has 0 N–H and O–H groups in total. The molecule has 106 valence electrons. The van der Waals surface area contributed by atoms with Crippen LogP contribution in [-0.4, -0.2) is 25.8 Å². The van der Waals surface area contributed by atoms with Crippen LogP contribution in [-0.2, 0) is 10.0 Å². The molecule has 1 aromatic rings. The van der Waals surface area contributed by atoms with E-state index in [0.717, 1.165) is 24.8 Å². The molecule has 0 bridgehead atoms. The smallest absolute Gasteiger partial charge is 0.207 e. The van der Waals surface area contributed by atoms with Crippen LogP contribution in [0.4, 0.5) is 0 Å². The van der Waals surface area contributed by atoms with Crippen molar-refractivity contribution >= 4 is 26.0 Å². The Balaban J connectivity index is 2.23. The summed E-state index contributed by atoms with van der Waals surface area (Å²) in [4.78, 5) is 0.382. The highest BCUT2D eigenvalue weighted by Gasteiger charge is 2.30. The van der Waals surface area contributed by atoms with Gasteiger partial charge in [0.05, 0.1) is 4.90 Å². The molecule has 3 nitrogen and oxygen atoms in total. The number of benzene rings is 1. The van der Waals surface area contributed by atoms with Gasteiger partial charge in [-0.15, -0.1) is 0 Å². The van der Waals surface area contributed by atoms with E-state index in [4.69, 9.17) is 0 Å². The minimum Gasteiger partial charge on any atom is -0.207 e. The topological polar surface area (TPSA) is 37.4 Å². The first-order valence-corrected chi connectivity index (χ1v) is 8.94. The molecule has 0 radical (unpaired) electrons. The predicted octanol–water partition coefficient (Wildman–Crippen LogP) is 3.57. The second-order valence-corrected chi connectivity index (χ2v) is 7.95. The summed E-state index contributed by atoms with van der Waals surface area (Å²) in [6, 6.07) is 5.39. The zero-order valence-corrected chi connectivity index (χ0v) is 13.8. The summed E-state index contributed by atoms with van der Waals surface area (Å²) in [5.74, 6) is 0.674. The van der Waals surface area contributed by atoms with Crippen molar-refractivity contribution in [3.8, 4) is 0 Å². The third kappa shape index (κ3) is 3.20. The summed E-state index contributed by atoms with van der Waals surface area (Å²) < 4.78 is 27.5. The van der Waals surface area contributed by atoms with Gasteiger partial charge in [0.2, 0.25) is 10.0 Å². The van der Waals surface area contributed by atoms with E-state index in [1.54, 1.807) is 10.4 Å². The highest BCUT2D eigenvalue weighted by atomic mass is 79.9. The SMILES string of the molecule is CCC1CCN(S(=O)(=O)c2ccc(C)cc2Br)CC1. The summed E-state index contributed by atoms with van der Waals surface area (Å²) in [6.45, 7) is 5.40. The molecule has 0 unspecified atom stereocenters. The maximum Gasteiger partial charge on any atom is 0.244 e. The van der Waals surface area contributed by atoms with Crippen molar-refractivity contribution in [1.82, 2.24) is 4.31 Å². The number of nitrogens with zero attached hydrogens (tertiary/aromatic N) is 1. The van der Waals surface area contributed by atoms with E-state index < -0.39 is 10.0 Å². The van der Waals surface area contributed by atoms with Gasteiger partial charge in [-0.1, -0.05) is 19.4 Å². The molecule has 1 fully saturated rings. The van der Waals surface area contributed by atoms with Gasteiger partial charge in [-0.25, -0.2) is 8.42 Å². The van der Waals surface area contributed by atoms with Crippen molar-refractivity contribution in [2.75, 3.05) is 13.1 Å². The average Bonchev–Trinajstić information content (AvgIpc) is 2.38. The van der Waals surface area contributed by atoms with Gasteiger partial charge in [0.15, 0.2) is 0 Å². The fourth-order valence-electron chi connectivity index (χ4n) is 2.51. The molecule has 0 saturated carbocycles. The second kappa shape index (κ2) is 5.94. The van der Waals surface area contributed by atoms with E-state index in [0.29, 0.717) is 28.4 Å². The van der Waals surface area contributed by atoms with Gasteiger partial charge in [0.1, 0.15) is 0 Å². The Labute approximate surface area is 124 Å². The molecule has 0 atom stereocenters. The number of hydrogen-bond donors (Lipinski definition) is 0. The standard InChI is InChI=1S/C14H20BrNO2S/c1-3-12-6-8-16(9-7-12)19(17,18)14-5-4-11(2)10-13(14)15/h4-5,10,12H,3,6-9H2,1-2H3. The minimum atomic E-state index is -3.35. The van der Waals surface area contributed by atoms with Crippen molar-refractivity contribution in [3.05, 3.63) is 28.2 Å². The van der Waals surface area contributed by atoms with Gasteiger partial charge in [0.25, 0.3) is 0 Å². The lowest BCUT2D eigenvalue weighted by Gasteiger charge is -2.30. The number of halogens is 1. The highest BCUT2D eigenvalue weighted by Crippen LogP contribution is 2.29.